The molecule has 0 aliphatic carbocycles. The molecule has 0 bridgehead atoms. The number of aromatic nitrogens is 1. The van der Waals surface area contributed by atoms with Gasteiger partial charge >= 0.3 is 0 Å². The van der Waals surface area contributed by atoms with E-state index in [9.17, 15) is 18.0 Å². The van der Waals surface area contributed by atoms with Crippen molar-refractivity contribution in [2.75, 3.05) is 12.0 Å². The zero-order valence-electron chi connectivity index (χ0n) is 9.66. The number of hydrogen-bond donors (Lipinski definition) is 0. The lowest BCUT2D eigenvalue weighted by Crippen LogP contribution is -2.22. The summed E-state index contributed by atoms with van der Waals surface area (Å²) in [5.74, 6) is -1.16. The Bertz CT molecular complexity index is 774. The summed E-state index contributed by atoms with van der Waals surface area (Å²) in [6.45, 7) is 0. The van der Waals surface area contributed by atoms with Crippen LogP contribution in [-0.2, 0) is 9.84 Å². The Hall–Kier alpha value is -1.95. The zero-order valence-corrected chi connectivity index (χ0v) is 10.5. The molecule has 0 aliphatic heterocycles. The molecule has 1 heterocycles. The van der Waals surface area contributed by atoms with Crippen LogP contribution in [0.3, 0.4) is 0 Å². The normalized spacial score (nSPS) is 11.6. The van der Waals surface area contributed by atoms with E-state index in [4.69, 9.17) is 0 Å². The average molecular weight is 265 g/mol. The van der Waals surface area contributed by atoms with Crippen LogP contribution in [-0.4, -0.2) is 30.9 Å². The molecule has 1 aromatic heterocycles. The number of carbonyl (C=O) groups excluding carboxylic acids is 1. The molecule has 0 aliphatic rings. The quantitative estimate of drug-likeness (QED) is 0.800. The Labute approximate surface area is 104 Å². The first-order valence-corrected chi connectivity index (χ1v) is 7.26. The Morgan fingerprint density at radius 2 is 1.89 bits per heavy atom. The number of rotatable bonds is 2. The molecule has 0 fully saturated rings. The first-order valence-electron chi connectivity index (χ1n) is 5.20. The van der Waals surface area contributed by atoms with Crippen LogP contribution < -0.4 is 5.43 Å². The van der Waals surface area contributed by atoms with Crippen LogP contribution in [0, 0.1) is 0 Å². The van der Waals surface area contributed by atoms with Crippen LogP contribution in [0.5, 0.6) is 0 Å². The molecule has 0 N–H and O–H groups in total. The van der Waals surface area contributed by atoms with Crippen LogP contribution in [0.1, 0.15) is 4.79 Å². The van der Waals surface area contributed by atoms with E-state index in [2.05, 4.69) is 0 Å². The van der Waals surface area contributed by atoms with Crippen LogP contribution in [0.25, 0.3) is 10.9 Å². The van der Waals surface area contributed by atoms with Gasteiger partial charge in [-0.2, -0.15) is 0 Å². The molecular weight excluding hydrogens is 254 g/mol. The first-order chi connectivity index (χ1) is 8.38. The lowest BCUT2D eigenvalue weighted by atomic mass is 10.2. The molecule has 0 amide bonds. The summed E-state index contributed by atoms with van der Waals surface area (Å²) in [4.78, 5) is 23.5. The summed E-state index contributed by atoms with van der Waals surface area (Å²) in [6.07, 6.45) is 2.30. The lowest BCUT2D eigenvalue weighted by Gasteiger charge is -2.08. The molecule has 0 spiro atoms. The van der Waals surface area contributed by atoms with E-state index in [1.54, 1.807) is 24.3 Å². The van der Waals surface area contributed by atoms with Gasteiger partial charge in [0, 0.05) is 23.9 Å². The Balaban J connectivity index is 2.63. The largest absolute Gasteiger partial charge is 0.289 e. The van der Waals surface area contributed by atoms with Gasteiger partial charge in [0.05, 0.1) is 5.52 Å². The van der Waals surface area contributed by atoms with Gasteiger partial charge in [0.15, 0.2) is 15.3 Å². The van der Waals surface area contributed by atoms with E-state index in [0.717, 1.165) is 6.26 Å². The van der Waals surface area contributed by atoms with Gasteiger partial charge in [-0.1, -0.05) is 12.1 Å². The highest BCUT2D eigenvalue weighted by atomic mass is 32.2. The Kier molecular flexibility index (Phi) is 3.04. The van der Waals surface area contributed by atoms with Gasteiger partial charge in [-0.15, -0.1) is 0 Å². The average Bonchev–Trinajstić information content (AvgIpc) is 2.27. The third kappa shape index (κ3) is 2.48. The maximum Gasteiger partial charge on any atom is 0.246 e. The van der Waals surface area contributed by atoms with Crippen molar-refractivity contribution >= 4 is 26.6 Å². The number of benzene rings is 1. The van der Waals surface area contributed by atoms with Crippen LogP contribution >= 0.6 is 0 Å². The number of para-hydroxylation sites is 1. The third-order valence-electron chi connectivity index (χ3n) is 2.46. The van der Waals surface area contributed by atoms with Crippen LogP contribution in [0.4, 0.5) is 0 Å². The van der Waals surface area contributed by atoms with E-state index in [1.165, 1.54) is 16.8 Å². The van der Waals surface area contributed by atoms with Crippen LogP contribution in [0.15, 0.2) is 41.3 Å². The number of hydrogen-bond acceptors (Lipinski definition) is 4. The predicted molar refractivity (Wildman–Crippen MR) is 68.5 cm³/mol. The third-order valence-corrected chi connectivity index (χ3v) is 3.23. The van der Waals surface area contributed by atoms with Crippen molar-refractivity contribution in [3.8, 4) is 0 Å². The van der Waals surface area contributed by atoms with E-state index in [1.807, 2.05) is 0 Å². The van der Waals surface area contributed by atoms with Gasteiger partial charge < -0.3 is 0 Å². The van der Waals surface area contributed by atoms with E-state index in [0.29, 0.717) is 10.9 Å². The highest BCUT2D eigenvalue weighted by molar-refractivity contribution is 7.91. The Morgan fingerprint density at radius 3 is 2.56 bits per heavy atom. The SMILES string of the molecule is CS(=O)(=O)CC(=O)n1ccc(=O)c2ccccc21. The molecule has 18 heavy (non-hydrogen) atoms. The molecule has 0 unspecified atom stereocenters. The minimum atomic E-state index is -3.40. The van der Waals surface area contributed by atoms with Gasteiger partial charge in [0.2, 0.25) is 5.91 Å². The van der Waals surface area contributed by atoms with Crippen molar-refractivity contribution in [3.63, 3.8) is 0 Å². The number of pyridine rings is 1. The van der Waals surface area contributed by atoms with Crippen LogP contribution in [0.2, 0.25) is 0 Å². The topological polar surface area (TPSA) is 73.2 Å². The second kappa shape index (κ2) is 4.38. The zero-order chi connectivity index (χ0) is 13.3. The maximum absolute atomic E-state index is 11.9. The maximum atomic E-state index is 11.9. The monoisotopic (exact) mass is 265 g/mol. The highest BCUT2D eigenvalue weighted by Crippen LogP contribution is 2.09. The second-order valence-electron chi connectivity index (χ2n) is 4.03. The van der Waals surface area contributed by atoms with Crippen molar-refractivity contribution in [1.29, 1.82) is 0 Å². The number of sulfone groups is 1. The Morgan fingerprint density at radius 1 is 1.22 bits per heavy atom. The fourth-order valence-corrected chi connectivity index (χ4v) is 2.30. The van der Waals surface area contributed by atoms with Crippen molar-refractivity contribution in [1.82, 2.24) is 4.57 Å². The standard InChI is InChI=1S/C12H11NO4S/c1-18(16,17)8-12(15)13-7-6-11(14)9-4-2-3-5-10(9)13/h2-7H,8H2,1H3. The van der Waals surface area contributed by atoms with Crippen molar-refractivity contribution < 1.29 is 13.2 Å². The number of nitrogens with zero attached hydrogens (tertiary/aromatic N) is 1. The fraction of sp³-hybridized carbons (Fsp3) is 0.167. The van der Waals surface area contributed by atoms with E-state index >= 15 is 0 Å². The van der Waals surface area contributed by atoms with Crippen molar-refractivity contribution in [2.24, 2.45) is 0 Å². The molecule has 0 saturated heterocycles. The minimum Gasteiger partial charge on any atom is -0.289 e. The summed E-state index contributed by atoms with van der Waals surface area (Å²) >= 11 is 0. The molecule has 1 aromatic carbocycles. The minimum absolute atomic E-state index is 0.200. The van der Waals surface area contributed by atoms with Crippen molar-refractivity contribution in [2.45, 2.75) is 0 Å². The van der Waals surface area contributed by atoms with Gasteiger partial charge in [0.25, 0.3) is 0 Å². The molecule has 0 atom stereocenters. The van der Waals surface area contributed by atoms with Gasteiger partial charge in [-0.25, -0.2) is 8.42 Å². The second-order valence-corrected chi connectivity index (χ2v) is 6.17. The highest BCUT2D eigenvalue weighted by Gasteiger charge is 2.14. The molecule has 0 saturated carbocycles. The summed E-state index contributed by atoms with van der Waals surface area (Å²) in [5.41, 5.74) is 0.215. The van der Waals surface area contributed by atoms with E-state index in [-0.39, 0.29) is 5.43 Å². The van der Waals surface area contributed by atoms with Gasteiger partial charge in [-0.3, -0.25) is 14.2 Å². The fourth-order valence-electron chi connectivity index (χ4n) is 1.72. The van der Waals surface area contributed by atoms with Gasteiger partial charge in [0.1, 0.15) is 5.75 Å². The molecule has 0 radical (unpaired) electrons. The molecule has 94 valence electrons. The molecule has 2 aromatic rings. The summed E-state index contributed by atoms with van der Waals surface area (Å²) in [7, 11) is -3.40. The van der Waals surface area contributed by atoms with Crippen molar-refractivity contribution in [3.05, 3.63) is 46.8 Å². The van der Waals surface area contributed by atoms with E-state index < -0.39 is 21.5 Å². The molecule has 6 heteroatoms. The summed E-state index contributed by atoms with van der Waals surface area (Å²) in [5, 5.41) is 0.391. The number of fused-ring (bicyclic) bond motifs is 1. The smallest absolute Gasteiger partial charge is 0.246 e. The molecule has 2 rings (SSSR count). The summed E-state index contributed by atoms with van der Waals surface area (Å²) in [6, 6.07) is 7.84. The predicted octanol–water partition coefficient (Wildman–Crippen LogP) is 0.686. The summed E-state index contributed by atoms with van der Waals surface area (Å²) < 4.78 is 23.4. The molecular formula is C12H11NO4S. The molecule has 5 nitrogen and oxygen atoms in total. The van der Waals surface area contributed by atoms with Gasteiger partial charge in [-0.05, 0) is 12.1 Å². The number of carbonyl (C=O) groups is 1. The first kappa shape index (κ1) is 12.5. The lowest BCUT2D eigenvalue weighted by molar-refractivity contribution is 0.0944.